The van der Waals surface area contributed by atoms with Crippen molar-refractivity contribution in [2.24, 2.45) is 5.41 Å². The Morgan fingerprint density at radius 1 is 0.875 bits per heavy atom. The van der Waals surface area contributed by atoms with Gasteiger partial charge >= 0.3 is 109 Å². The molecule has 16 heavy (non-hydrogen) atoms. The van der Waals surface area contributed by atoms with Crippen LogP contribution in [0.5, 0.6) is 0 Å². The number of rotatable bonds is 0. The van der Waals surface area contributed by atoms with Crippen molar-refractivity contribution in [3.8, 4) is 0 Å². The van der Waals surface area contributed by atoms with E-state index in [1.807, 2.05) is 6.92 Å². The van der Waals surface area contributed by atoms with Gasteiger partial charge in [0.2, 0.25) is 0 Å². The Labute approximate surface area is 109 Å². The predicted molar refractivity (Wildman–Crippen MR) is 64.0 cm³/mol. The van der Waals surface area contributed by atoms with Crippen molar-refractivity contribution in [3.05, 3.63) is 0 Å². The van der Waals surface area contributed by atoms with Gasteiger partial charge in [-0.1, -0.05) is 0 Å². The Morgan fingerprint density at radius 2 is 1.31 bits per heavy atom. The van der Waals surface area contributed by atoms with E-state index in [9.17, 15) is 9.59 Å². The molecule has 4 fully saturated rings. The van der Waals surface area contributed by atoms with E-state index in [-0.39, 0.29) is 20.2 Å². The Bertz CT molecular complexity index is 401. The van der Waals surface area contributed by atoms with Gasteiger partial charge in [0.15, 0.2) is 0 Å². The van der Waals surface area contributed by atoms with Crippen LogP contribution in [0.2, 0.25) is 11.8 Å². The van der Waals surface area contributed by atoms with E-state index >= 15 is 0 Å². The summed E-state index contributed by atoms with van der Waals surface area (Å²) in [6.45, 7) is 8.46. The van der Waals surface area contributed by atoms with E-state index in [0.717, 1.165) is 12.8 Å². The summed E-state index contributed by atoms with van der Waals surface area (Å²) >= 11 is 0.771. The molecule has 4 heteroatoms. The molecule has 3 heterocycles. The molecule has 1 aliphatic carbocycles. The molecule has 0 N–H and O–H groups in total. The Morgan fingerprint density at radius 3 is 1.75 bits per heavy atom. The zero-order valence-electron chi connectivity index (χ0n) is 10.0. The molecule has 4 aliphatic rings. The molecule has 2 atom stereocenters. The van der Waals surface area contributed by atoms with Gasteiger partial charge in [0.25, 0.3) is 0 Å². The maximum absolute atomic E-state index is 12.5. The molecule has 88 valence electrons. The summed E-state index contributed by atoms with van der Waals surface area (Å²) in [6.07, 6.45) is 1.67. The van der Waals surface area contributed by atoms with Crippen LogP contribution in [0.3, 0.4) is 0 Å². The molecular formula is C12H16O2Se2. The molecule has 3 saturated heterocycles. The summed E-state index contributed by atoms with van der Waals surface area (Å²) in [5.41, 5.74) is -0.642. The van der Waals surface area contributed by atoms with Gasteiger partial charge in [-0.3, -0.25) is 0 Å². The number of carbonyl (C=O) groups is 2. The number of ketones is 2. The van der Waals surface area contributed by atoms with E-state index < -0.39 is 5.41 Å². The summed E-state index contributed by atoms with van der Waals surface area (Å²) in [6, 6.07) is 0. The first kappa shape index (κ1) is 11.5. The minimum atomic E-state index is -0.642. The van der Waals surface area contributed by atoms with Gasteiger partial charge < -0.3 is 0 Å². The monoisotopic (exact) mass is 352 g/mol. The average molecular weight is 350 g/mol. The maximum atomic E-state index is 12.5. The summed E-state index contributed by atoms with van der Waals surface area (Å²) in [5, 5.41) is 0. The quantitative estimate of drug-likeness (QED) is 0.494. The topological polar surface area (TPSA) is 34.1 Å². The molecule has 0 aromatic carbocycles. The fourth-order valence-electron chi connectivity index (χ4n) is 4.09. The third kappa shape index (κ3) is 1.10. The van der Waals surface area contributed by atoms with Gasteiger partial charge in [-0.05, 0) is 0 Å². The second-order valence-electron chi connectivity index (χ2n) is 6.14. The Kier molecular flexibility index (Phi) is 1.93. The second-order valence-corrected chi connectivity index (χ2v) is 15.9. The van der Waals surface area contributed by atoms with E-state index in [4.69, 9.17) is 0 Å². The van der Waals surface area contributed by atoms with Crippen LogP contribution in [0.1, 0.15) is 40.5 Å². The van der Waals surface area contributed by atoms with Crippen LogP contribution in [0.4, 0.5) is 0 Å². The van der Waals surface area contributed by atoms with Gasteiger partial charge in [-0.15, -0.1) is 0 Å². The molecule has 4 bridgehead atoms. The molecule has 0 aromatic rings. The van der Waals surface area contributed by atoms with Crippen molar-refractivity contribution in [1.29, 1.82) is 0 Å². The summed E-state index contributed by atoms with van der Waals surface area (Å²) in [7, 11) is 0. The molecule has 1 saturated carbocycles. The van der Waals surface area contributed by atoms with Crippen molar-refractivity contribution >= 4 is 41.5 Å². The first-order valence-corrected chi connectivity index (χ1v) is 9.07. The second kappa shape index (κ2) is 2.69. The Balaban J connectivity index is 2.24. The van der Waals surface area contributed by atoms with Gasteiger partial charge in [-0.25, -0.2) is 0 Å². The number of hydrogen-bond donors (Lipinski definition) is 0. The van der Waals surface area contributed by atoms with Gasteiger partial charge in [-0.2, -0.15) is 0 Å². The van der Waals surface area contributed by atoms with Crippen LogP contribution in [-0.4, -0.2) is 41.5 Å². The van der Waals surface area contributed by atoms with Crippen molar-refractivity contribution < 1.29 is 9.59 Å². The fraction of sp³-hybridized carbons (Fsp3) is 0.833. The normalized spacial score (nSPS) is 59.5. The summed E-state index contributed by atoms with van der Waals surface area (Å²) in [5.74, 6) is 0.519. The molecule has 0 unspecified atom stereocenters. The molecular weight excluding hydrogens is 334 g/mol. The molecule has 0 spiro atoms. The first-order valence-electron chi connectivity index (χ1n) is 5.64. The average Bonchev–Trinajstić information content (AvgIpc) is 2.08. The molecule has 0 aromatic heterocycles. The summed E-state index contributed by atoms with van der Waals surface area (Å²) in [4.78, 5) is 25.0. The van der Waals surface area contributed by atoms with E-state index in [0.29, 0.717) is 33.1 Å². The SMILES string of the molecule is CC12CC3(C)C(=O)[C@](C)(C[C@](C)([Se]1)C3=O)[Se]2. The van der Waals surface area contributed by atoms with Crippen LogP contribution < -0.4 is 0 Å². The Hall–Kier alpha value is 0.379. The van der Waals surface area contributed by atoms with Crippen LogP contribution in [-0.2, 0) is 9.59 Å². The van der Waals surface area contributed by atoms with Crippen molar-refractivity contribution in [2.45, 2.75) is 52.4 Å². The van der Waals surface area contributed by atoms with Gasteiger partial charge in [0.05, 0.1) is 0 Å². The molecule has 3 aliphatic heterocycles. The third-order valence-electron chi connectivity index (χ3n) is 4.19. The standard InChI is InChI=1S/C12H16O2Se2/c1-9-5-12(4)15-10(2,7(9)13)6-11(3,16-12)8(9)14/h5-6H2,1-4H3/t9?,10-,11-,12?/m0/s1. The van der Waals surface area contributed by atoms with Crippen LogP contribution in [0.15, 0.2) is 0 Å². The van der Waals surface area contributed by atoms with Crippen molar-refractivity contribution in [2.75, 3.05) is 0 Å². The zero-order chi connectivity index (χ0) is 12.0. The predicted octanol–water partition coefficient (Wildman–Crippen LogP) is 1.85. The number of Topliss-reactive ketones (excluding diaryl/α,β-unsaturated/α-hetero) is 2. The molecule has 2 nitrogen and oxygen atoms in total. The first-order chi connectivity index (χ1) is 7.14. The van der Waals surface area contributed by atoms with Crippen molar-refractivity contribution in [1.82, 2.24) is 0 Å². The van der Waals surface area contributed by atoms with Crippen LogP contribution in [0.25, 0.3) is 0 Å². The van der Waals surface area contributed by atoms with Crippen molar-refractivity contribution in [3.63, 3.8) is 0 Å². The summed E-state index contributed by atoms with van der Waals surface area (Å²) < 4.78 is 0.0210. The van der Waals surface area contributed by atoms with E-state index in [1.54, 1.807) is 0 Å². The number of carbonyl (C=O) groups excluding carboxylic acids is 2. The van der Waals surface area contributed by atoms with E-state index in [2.05, 4.69) is 20.8 Å². The van der Waals surface area contributed by atoms with Crippen LogP contribution in [0, 0.1) is 5.41 Å². The molecule has 0 radical (unpaired) electrons. The van der Waals surface area contributed by atoms with Gasteiger partial charge in [0.1, 0.15) is 0 Å². The third-order valence-corrected chi connectivity index (χ3v) is 11.7. The fourth-order valence-corrected chi connectivity index (χ4v) is 17.5. The minimum absolute atomic E-state index is 0.155. The van der Waals surface area contributed by atoms with Crippen LogP contribution >= 0.6 is 0 Å². The number of hydrogen-bond acceptors (Lipinski definition) is 2. The zero-order valence-corrected chi connectivity index (χ0v) is 13.5. The molecule has 4 rings (SSSR count). The van der Waals surface area contributed by atoms with Gasteiger partial charge in [0, 0.05) is 0 Å². The van der Waals surface area contributed by atoms with E-state index in [1.165, 1.54) is 0 Å². The molecule has 0 amide bonds.